The van der Waals surface area contributed by atoms with Crippen molar-refractivity contribution in [1.29, 1.82) is 0 Å². The van der Waals surface area contributed by atoms with Crippen LogP contribution in [0.1, 0.15) is 18.4 Å². The zero-order chi connectivity index (χ0) is 16.4. The van der Waals surface area contributed by atoms with Crippen LogP contribution in [0.25, 0.3) is 10.8 Å². The van der Waals surface area contributed by atoms with Gasteiger partial charge in [0.15, 0.2) is 0 Å². The molecule has 1 unspecified atom stereocenters. The van der Waals surface area contributed by atoms with Gasteiger partial charge in [0.05, 0.1) is 11.7 Å². The monoisotopic (exact) mass is 333 g/mol. The van der Waals surface area contributed by atoms with Crippen LogP contribution in [-0.2, 0) is 20.6 Å². The number of rotatable bonds is 4. The molecule has 2 aromatic carbocycles. The van der Waals surface area contributed by atoms with Crippen LogP contribution >= 0.6 is 0 Å². The van der Waals surface area contributed by atoms with Crippen molar-refractivity contribution in [3.63, 3.8) is 0 Å². The van der Waals surface area contributed by atoms with Gasteiger partial charge in [0.1, 0.15) is 0 Å². The number of benzene rings is 2. The van der Waals surface area contributed by atoms with Crippen LogP contribution in [0.5, 0.6) is 0 Å². The van der Waals surface area contributed by atoms with Gasteiger partial charge < -0.3 is 5.11 Å². The van der Waals surface area contributed by atoms with Crippen LogP contribution in [0.4, 0.5) is 0 Å². The number of hydrogen-bond donors (Lipinski definition) is 1. The van der Waals surface area contributed by atoms with Crippen LogP contribution in [0.2, 0.25) is 0 Å². The van der Waals surface area contributed by atoms with Gasteiger partial charge >= 0.3 is 5.97 Å². The Morgan fingerprint density at radius 1 is 1.17 bits per heavy atom. The number of carbonyl (C=O) groups is 1. The van der Waals surface area contributed by atoms with E-state index in [9.17, 15) is 13.2 Å². The predicted octanol–water partition coefficient (Wildman–Crippen LogP) is 2.47. The van der Waals surface area contributed by atoms with Gasteiger partial charge in [-0.1, -0.05) is 42.5 Å². The summed E-state index contributed by atoms with van der Waals surface area (Å²) in [5, 5.41) is 11.2. The van der Waals surface area contributed by atoms with Crippen LogP contribution in [-0.4, -0.2) is 36.9 Å². The number of nitrogens with zero attached hydrogens (tertiary/aromatic N) is 1. The lowest BCUT2D eigenvalue weighted by Crippen LogP contribution is -2.42. The molecule has 0 radical (unpaired) electrons. The van der Waals surface area contributed by atoms with E-state index in [0.29, 0.717) is 19.4 Å². The van der Waals surface area contributed by atoms with E-state index in [1.165, 1.54) is 4.31 Å². The Morgan fingerprint density at radius 2 is 1.91 bits per heavy atom. The van der Waals surface area contributed by atoms with E-state index in [2.05, 4.69) is 0 Å². The molecular formula is C17H19NO4S. The molecule has 0 amide bonds. The molecule has 0 aromatic heterocycles. The number of piperidine rings is 1. The Hall–Kier alpha value is -1.92. The third-order valence-corrected chi connectivity index (χ3v) is 6.11. The highest BCUT2D eigenvalue weighted by Crippen LogP contribution is 2.23. The molecule has 0 spiro atoms. The van der Waals surface area contributed by atoms with Crippen LogP contribution in [0.15, 0.2) is 42.5 Å². The van der Waals surface area contributed by atoms with Gasteiger partial charge in [-0.25, -0.2) is 12.7 Å². The van der Waals surface area contributed by atoms with E-state index in [1.54, 1.807) is 0 Å². The van der Waals surface area contributed by atoms with Crippen molar-refractivity contribution in [2.75, 3.05) is 13.1 Å². The first-order chi connectivity index (χ1) is 11.0. The summed E-state index contributed by atoms with van der Waals surface area (Å²) in [4.78, 5) is 11.1. The number of sulfonamides is 1. The molecule has 23 heavy (non-hydrogen) atoms. The highest BCUT2D eigenvalue weighted by molar-refractivity contribution is 7.88. The molecule has 1 saturated heterocycles. The van der Waals surface area contributed by atoms with E-state index in [-0.39, 0.29) is 12.3 Å². The standard InChI is InChI=1S/C17H19NO4S/c19-17(20)16-6-3-9-18(11-16)23(21,22)12-13-7-8-14-4-1-2-5-15(14)10-13/h1-2,4-5,7-8,10,16H,3,6,9,11-12H2,(H,19,20). The van der Waals surface area contributed by atoms with Crippen molar-refractivity contribution >= 4 is 26.8 Å². The van der Waals surface area contributed by atoms with Crippen molar-refractivity contribution in [3.8, 4) is 0 Å². The molecule has 6 heteroatoms. The van der Waals surface area contributed by atoms with E-state index in [4.69, 9.17) is 5.11 Å². The second-order valence-electron chi connectivity index (χ2n) is 5.97. The Kier molecular flexibility index (Phi) is 4.37. The van der Waals surface area contributed by atoms with Crippen molar-refractivity contribution in [2.24, 2.45) is 5.92 Å². The first-order valence-electron chi connectivity index (χ1n) is 7.64. The molecule has 0 bridgehead atoms. The average molecular weight is 333 g/mol. The first-order valence-corrected chi connectivity index (χ1v) is 9.25. The molecule has 1 atom stereocenters. The van der Waals surface area contributed by atoms with Crippen molar-refractivity contribution in [1.82, 2.24) is 4.31 Å². The zero-order valence-electron chi connectivity index (χ0n) is 12.7. The van der Waals surface area contributed by atoms with E-state index >= 15 is 0 Å². The van der Waals surface area contributed by atoms with E-state index in [1.807, 2.05) is 42.5 Å². The highest BCUT2D eigenvalue weighted by atomic mass is 32.2. The molecule has 2 aromatic rings. The molecule has 1 heterocycles. The number of hydrogen-bond acceptors (Lipinski definition) is 3. The van der Waals surface area contributed by atoms with Crippen LogP contribution < -0.4 is 0 Å². The SMILES string of the molecule is O=C(O)C1CCCN(S(=O)(=O)Cc2ccc3ccccc3c2)C1. The van der Waals surface area contributed by atoms with Crippen molar-refractivity contribution < 1.29 is 18.3 Å². The fourth-order valence-corrected chi connectivity index (χ4v) is 4.62. The first kappa shape index (κ1) is 16.0. The Bertz CT molecular complexity index is 831. The number of carboxylic acids is 1. The molecule has 3 rings (SSSR count). The van der Waals surface area contributed by atoms with Crippen molar-refractivity contribution in [3.05, 3.63) is 48.0 Å². The van der Waals surface area contributed by atoms with E-state index < -0.39 is 21.9 Å². The summed E-state index contributed by atoms with van der Waals surface area (Å²) in [6.45, 7) is 0.477. The minimum Gasteiger partial charge on any atom is -0.481 e. The number of carboxylic acid groups (broad SMARTS) is 1. The third kappa shape index (κ3) is 3.54. The Morgan fingerprint density at radius 3 is 2.65 bits per heavy atom. The van der Waals surface area contributed by atoms with Crippen molar-refractivity contribution in [2.45, 2.75) is 18.6 Å². The summed E-state index contributed by atoms with van der Waals surface area (Å²) < 4.78 is 26.5. The predicted molar refractivity (Wildman–Crippen MR) is 88.5 cm³/mol. The quantitative estimate of drug-likeness (QED) is 0.933. The number of fused-ring (bicyclic) bond motifs is 1. The molecule has 122 valence electrons. The molecule has 1 N–H and O–H groups in total. The topological polar surface area (TPSA) is 74.7 Å². The molecule has 1 aliphatic rings. The van der Waals surface area contributed by atoms with Crippen LogP contribution in [0, 0.1) is 5.92 Å². The maximum absolute atomic E-state index is 12.6. The second-order valence-corrected chi connectivity index (χ2v) is 7.94. The Balaban J connectivity index is 1.80. The smallest absolute Gasteiger partial charge is 0.307 e. The summed E-state index contributed by atoms with van der Waals surface area (Å²) in [7, 11) is -3.50. The molecule has 0 saturated carbocycles. The van der Waals surface area contributed by atoms with Gasteiger partial charge in [0.2, 0.25) is 10.0 Å². The van der Waals surface area contributed by atoms with Gasteiger partial charge in [-0.3, -0.25) is 4.79 Å². The summed E-state index contributed by atoms with van der Waals surface area (Å²) in [6, 6.07) is 13.4. The van der Waals surface area contributed by atoms with Gasteiger partial charge in [-0.15, -0.1) is 0 Å². The minimum atomic E-state index is -3.50. The average Bonchev–Trinajstić information content (AvgIpc) is 2.54. The lowest BCUT2D eigenvalue weighted by Gasteiger charge is -2.29. The maximum atomic E-state index is 12.6. The summed E-state index contributed by atoms with van der Waals surface area (Å²) >= 11 is 0. The fraction of sp³-hybridized carbons (Fsp3) is 0.353. The number of aliphatic carboxylic acids is 1. The minimum absolute atomic E-state index is 0.0747. The molecule has 1 aliphatic heterocycles. The molecule has 1 fully saturated rings. The molecule has 0 aliphatic carbocycles. The maximum Gasteiger partial charge on any atom is 0.307 e. The molecule has 5 nitrogen and oxygen atoms in total. The lowest BCUT2D eigenvalue weighted by atomic mass is 10.0. The summed E-state index contributed by atoms with van der Waals surface area (Å²) in [5.74, 6) is -1.62. The summed E-state index contributed by atoms with van der Waals surface area (Å²) in [6.07, 6.45) is 1.13. The second kappa shape index (κ2) is 6.29. The Labute approximate surface area is 135 Å². The highest BCUT2D eigenvalue weighted by Gasteiger charge is 2.32. The lowest BCUT2D eigenvalue weighted by molar-refractivity contribution is -0.142. The van der Waals surface area contributed by atoms with Crippen LogP contribution in [0.3, 0.4) is 0 Å². The van der Waals surface area contributed by atoms with Gasteiger partial charge in [-0.2, -0.15) is 0 Å². The largest absolute Gasteiger partial charge is 0.481 e. The summed E-state index contributed by atoms with van der Waals surface area (Å²) in [5.41, 5.74) is 0.723. The zero-order valence-corrected chi connectivity index (χ0v) is 13.5. The third-order valence-electron chi connectivity index (χ3n) is 4.29. The van der Waals surface area contributed by atoms with Gasteiger partial charge in [-0.05, 0) is 29.2 Å². The fourth-order valence-electron chi connectivity index (χ4n) is 3.03. The normalized spacial score (nSPS) is 19.7. The van der Waals surface area contributed by atoms with Gasteiger partial charge in [0.25, 0.3) is 0 Å². The van der Waals surface area contributed by atoms with Gasteiger partial charge in [0, 0.05) is 13.1 Å². The molecular weight excluding hydrogens is 314 g/mol. The van der Waals surface area contributed by atoms with E-state index in [0.717, 1.165) is 16.3 Å².